The number of benzene rings is 2. The van der Waals surface area contributed by atoms with Crippen LogP contribution in [0.15, 0.2) is 65.1 Å². The molecule has 0 amide bonds. The van der Waals surface area contributed by atoms with Crippen LogP contribution < -0.4 is 10.2 Å². The van der Waals surface area contributed by atoms with Crippen molar-refractivity contribution in [2.24, 2.45) is 5.10 Å². The first-order chi connectivity index (χ1) is 12.1. The number of aryl methyl sites for hydroxylation is 1. The number of carbonyl (C=O) groups is 1. The average Bonchev–Trinajstić information content (AvgIpc) is 3.14. The van der Waals surface area contributed by atoms with Crippen molar-refractivity contribution < 1.29 is 9.53 Å². The van der Waals surface area contributed by atoms with Crippen molar-refractivity contribution >= 4 is 40.8 Å². The summed E-state index contributed by atoms with van der Waals surface area (Å²) >= 11 is 7.42. The number of nitrogens with one attached hydrogen (secondary N) is 1. The molecule has 126 valence electrons. The van der Waals surface area contributed by atoms with E-state index in [0.717, 1.165) is 16.8 Å². The molecule has 6 heteroatoms. The van der Waals surface area contributed by atoms with E-state index in [1.165, 1.54) is 11.3 Å². The Morgan fingerprint density at radius 3 is 2.68 bits per heavy atom. The smallest absolute Gasteiger partial charge is 0.353 e. The highest BCUT2D eigenvalue weighted by Crippen LogP contribution is 2.20. The Bertz CT molecular complexity index is 890. The molecule has 0 bridgehead atoms. The predicted molar refractivity (Wildman–Crippen MR) is 103 cm³/mol. The van der Waals surface area contributed by atoms with Crippen LogP contribution in [0.3, 0.4) is 0 Å². The molecule has 0 radical (unpaired) electrons. The van der Waals surface area contributed by atoms with E-state index in [1.807, 2.05) is 48.7 Å². The summed E-state index contributed by atoms with van der Waals surface area (Å²) in [6.07, 6.45) is 1.68. The summed E-state index contributed by atoms with van der Waals surface area (Å²) in [7, 11) is 0. The molecule has 0 aliphatic heterocycles. The Balaban J connectivity index is 1.58. The Kier molecular flexibility index (Phi) is 5.48. The second-order valence-corrected chi connectivity index (χ2v) is 6.62. The minimum Gasteiger partial charge on any atom is -0.422 e. The number of anilines is 1. The highest BCUT2D eigenvalue weighted by molar-refractivity contribution is 7.12. The number of halogens is 1. The molecule has 0 aliphatic rings. The van der Waals surface area contributed by atoms with Crippen LogP contribution in [0.25, 0.3) is 0 Å². The summed E-state index contributed by atoms with van der Waals surface area (Å²) in [6.45, 7) is 1.95. The second kappa shape index (κ2) is 7.96. The Morgan fingerprint density at radius 2 is 2.00 bits per heavy atom. The summed E-state index contributed by atoms with van der Waals surface area (Å²) in [5.41, 5.74) is 5.63. The first kappa shape index (κ1) is 17.2. The maximum Gasteiger partial charge on any atom is 0.353 e. The SMILES string of the molecule is Cc1ccc(N/N=C/c2ccc(OC(=O)c3cccs3)cc2)cc1Cl. The molecule has 0 fully saturated rings. The van der Waals surface area contributed by atoms with Gasteiger partial charge in [0.15, 0.2) is 0 Å². The van der Waals surface area contributed by atoms with E-state index < -0.39 is 0 Å². The third-order valence-electron chi connectivity index (χ3n) is 3.39. The minimum atomic E-state index is -0.352. The maximum absolute atomic E-state index is 11.9. The van der Waals surface area contributed by atoms with Gasteiger partial charge in [0.05, 0.1) is 11.9 Å². The van der Waals surface area contributed by atoms with Crippen LogP contribution in [-0.2, 0) is 0 Å². The van der Waals surface area contributed by atoms with Crippen molar-refractivity contribution in [3.05, 3.63) is 81.0 Å². The lowest BCUT2D eigenvalue weighted by Gasteiger charge is -2.04. The zero-order valence-corrected chi connectivity index (χ0v) is 15.0. The Labute approximate surface area is 154 Å². The van der Waals surface area contributed by atoms with E-state index in [1.54, 1.807) is 24.4 Å². The molecular weight excluding hydrogens is 356 g/mol. The van der Waals surface area contributed by atoms with Crippen molar-refractivity contribution in [2.45, 2.75) is 6.92 Å². The highest BCUT2D eigenvalue weighted by atomic mass is 35.5. The van der Waals surface area contributed by atoms with Crippen LogP contribution in [0.5, 0.6) is 5.75 Å². The predicted octanol–water partition coefficient (Wildman–Crippen LogP) is 5.38. The van der Waals surface area contributed by atoms with Crippen LogP contribution in [-0.4, -0.2) is 12.2 Å². The average molecular weight is 371 g/mol. The van der Waals surface area contributed by atoms with Crippen LogP contribution in [0.1, 0.15) is 20.8 Å². The van der Waals surface area contributed by atoms with E-state index in [-0.39, 0.29) is 5.97 Å². The first-order valence-corrected chi connectivity index (χ1v) is 8.78. The lowest BCUT2D eigenvalue weighted by molar-refractivity contribution is 0.0740. The molecule has 0 saturated carbocycles. The van der Waals surface area contributed by atoms with E-state index in [9.17, 15) is 4.79 Å². The number of carbonyl (C=O) groups excluding carboxylic acids is 1. The number of esters is 1. The number of nitrogens with zero attached hydrogens (tertiary/aromatic N) is 1. The van der Waals surface area contributed by atoms with E-state index in [2.05, 4.69) is 10.5 Å². The molecule has 1 aromatic heterocycles. The lowest BCUT2D eigenvalue weighted by Crippen LogP contribution is -2.06. The Morgan fingerprint density at radius 1 is 1.20 bits per heavy atom. The van der Waals surface area contributed by atoms with Gasteiger partial charge in [0.2, 0.25) is 0 Å². The number of hydrogen-bond donors (Lipinski definition) is 1. The van der Waals surface area contributed by atoms with E-state index >= 15 is 0 Å². The number of rotatable bonds is 5. The molecular formula is C19H15ClN2O2S. The van der Waals surface area contributed by atoms with Gasteiger partial charge in [0, 0.05) is 5.02 Å². The van der Waals surface area contributed by atoms with Gasteiger partial charge < -0.3 is 4.74 Å². The normalized spacial score (nSPS) is 10.8. The van der Waals surface area contributed by atoms with Crippen LogP contribution in [0.4, 0.5) is 5.69 Å². The van der Waals surface area contributed by atoms with Crippen molar-refractivity contribution in [1.82, 2.24) is 0 Å². The summed E-state index contributed by atoms with van der Waals surface area (Å²) in [5.74, 6) is 0.142. The molecule has 0 atom stereocenters. The fourth-order valence-corrected chi connectivity index (χ4v) is 2.80. The second-order valence-electron chi connectivity index (χ2n) is 5.27. The third-order valence-corrected chi connectivity index (χ3v) is 4.65. The highest BCUT2D eigenvalue weighted by Gasteiger charge is 2.08. The van der Waals surface area contributed by atoms with Crippen molar-refractivity contribution in [3.8, 4) is 5.75 Å². The third kappa shape index (κ3) is 4.68. The molecule has 3 rings (SSSR count). The van der Waals surface area contributed by atoms with Crippen LogP contribution in [0, 0.1) is 6.92 Å². The van der Waals surface area contributed by atoms with Crippen LogP contribution in [0.2, 0.25) is 5.02 Å². The van der Waals surface area contributed by atoms with Crippen LogP contribution >= 0.6 is 22.9 Å². The molecule has 0 spiro atoms. The molecule has 4 nitrogen and oxygen atoms in total. The molecule has 1 heterocycles. The van der Waals surface area contributed by atoms with Gasteiger partial charge in [0.25, 0.3) is 0 Å². The Hall–Kier alpha value is -2.63. The molecule has 2 aromatic carbocycles. The van der Waals surface area contributed by atoms with Gasteiger partial charge in [-0.2, -0.15) is 5.10 Å². The monoisotopic (exact) mass is 370 g/mol. The minimum absolute atomic E-state index is 0.352. The van der Waals surface area contributed by atoms with Gasteiger partial charge in [-0.25, -0.2) is 4.79 Å². The summed E-state index contributed by atoms with van der Waals surface area (Å²) in [4.78, 5) is 12.5. The first-order valence-electron chi connectivity index (χ1n) is 7.53. The fourth-order valence-electron chi connectivity index (χ4n) is 2.02. The van der Waals surface area contributed by atoms with Crippen molar-refractivity contribution in [1.29, 1.82) is 0 Å². The van der Waals surface area contributed by atoms with Gasteiger partial charge in [-0.3, -0.25) is 5.43 Å². The summed E-state index contributed by atoms with van der Waals surface area (Å²) in [6, 6.07) is 16.3. The molecule has 3 aromatic rings. The number of hydrazone groups is 1. The van der Waals surface area contributed by atoms with Crippen molar-refractivity contribution in [2.75, 3.05) is 5.43 Å². The van der Waals surface area contributed by atoms with E-state index in [0.29, 0.717) is 15.6 Å². The molecule has 25 heavy (non-hydrogen) atoms. The molecule has 1 N–H and O–H groups in total. The zero-order valence-electron chi connectivity index (χ0n) is 13.4. The fraction of sp³-hybridized carbons (Fsp3) is 0.0526. The topological polar surface area (TPSA) is 50.7 Å². The number of hydrogen-bond acceptors (Lipinski definition) is 5. The van der Waals surface area contributed by atoms with Gasteiger partial charge in [0.1, 0.15) is 10.6 Å². The van der Waals surface area contributed by atoms with Gasteiger partial charge in [-0.15, -0.1) is 11.3 Å². The lowest BCUT2D eigenvalue weighted by atomic mass is 10.2. The van der Waals surface area contributed by atoms with Gasteiger partial charge in [-0.1, -0.05) is 23.7 Å². The van der Waals surface area contributed by atoms with Gasteiger partial charge in [-0.05, 0) is 65.9 Å². The molecule has 0 saturated heterocycles. The number of thiophene rings is 1. The molecule has 0 aliphatic carbocycles. The zero-order chi connectivity index (χ0) is 17.6. The van der Waals surface area contributed by atoms with E-state index in [4.69, 9.17) is 16.3 Å². The molecule has 0 unspecified atom stereocenters. The quantitative estimate of drug-likeness (QED) is 0.284. The largest absolute Gasteiger partial charge is 0.422 e. The standard InChI is InChI=1S/C19H15ClN2O2S/c1-13-4-7-15(11-17(13)20)22-21-12-14-5-8-16(9-6-14)24-19(23)18-3-2-10-25-18/h2-12,22H,1H3/b21-12+. The number of ether oxygens (including phenoxy) is 1. The maximum atomic E-state index is 11.9. The summed E-state index contributed by atoms with van der Waals surface area (Å²) in [5, 5.41) is 6.70. The van der Waals surface area contributed by atoms with Crippen molar-refractivity contribution in [3.63, 3.8) is 0 Å². The summed E-state index contributed by atoms with van der Waals surface area (Å²) < 4.78 is 5.31. The van der Waals surface area contributed by atoms with Gasteiger partial charge >= 0.3 is 5.97 Å².